The quantitative estimate of drug-likeness (QED) is 0.640. The van der Waals surface area contributed by atoms with Crippen LogP contribution < -0.4 is 10.6 Å². The highest BCUT2D eigenvalue weighted by Gasteiger charge is 2.16. The summed E-state index contributed by atoms with van der Waals surface area (Å²) in [6, 6.07) is 5.23. The van der Waals surface area contributed by atoms with E-state index in [1.807, 2.05) is 6.07 Å². The molecule has 9 heteroatoms. The Labute approximate surface area is 164 Å². The third kappa shape index (κ3) is 7.34. The molecule has 0 bridgehead atoms. The van der Waals surface area contributed by atoms with Crippen LogP contribution in [0.25, 0.3) is 11.5 Å². The first-order chi connectivity index (χ1) is 13.5. The zero-order valence-corrected chi connectivity index (χ0v) is 16.5. The standard InChI is InChI=1S/C19H27N5O4/c1-4-27-19(26)22-14(11-13(2)3)12-21-16(25)8-9-17-23-18(24-28-17)15-7-5-6-10-20-15/h5-7,10,13-14H,4,8-9,11-12H2,1-3H3,(H,21,25)(H,22,26). The van der Waals surface area contributed by atoms with Crippen LogP contribution in [-0.4, -0.2) is 46.3 Å². The largest absolute Gasteiger partial charge is 0.450 e. The van der Waals surface area contributed by atoms with Crippen molar-refractivity contribution in [2.45, 2.75) is 46.1 Å². The van der Waals surface area contributed by atoms with Crippen molar-refractivity contribution in [1.82, 2.24) is 25.8 Å². The number of amides is 2. The van der Waals surface area contributed by atoms with E-state index in [1.165, 1.54) is 0 Å². The van der Waals surface area contributed by atoms with E-state index in [2.05, 4.69) is 39.6 Å². The number of alkyl carbamates (subject to hydrolysis) is 1. The van der Waals surface area contributed by atoms with Crippen LogP contribution in [0.4, 0.5) is 4.79 Å². The number of carbonyl (C=O) groups is 2. The van der Waals surface area contributed by atoms with Crippen molar-refractivity contribution >= 4 is 12.0 Å². The van der Waals surface area contributed by atoms with Crippen LogP contribution >= 0.6 is 0 Å². The summed E-state index contributed by atoms with van der Waals surface area (Å²) >= 11 is 0. The third-order valence-electron chi connectivity index (χ3n) is 3.83. The summed E-state index contributed by atoms with van der Waals surface area (Å²) in [5.41, 5.74) is 0.614. The lowest BCUT2D eigenvalue weighted by molar-refractivity contribution is -0.121. The van der Waals surface area contributed by atoms with E-state index >= 15 is 0 Å². The molecular weight excluding hydrogens is 362 g/mol. The highest BCUT2D eigenvalue weighted by Crippen LogP contribution is 2.12. The highest BCUT2D eigenvalue weighted by atomic mass is 16.5. The normalized spacial score (nSPS) is 11.9. The van der Waals surface area contributed by atoms with E-state index in [4.69, 9.17) is 9.26 Å². The first-order valence-corrected chi connectivity index (χ1v) is 9.41. The molecule has 2 aromatic rings. The smallest absolute Gasteiger partial charge is 0.407 e. The number of hydrogen-bond acceptors (Lipinski definition) is 7. The number of aryl methyl sites for hydroxylation is 1. The van der Waals surface area contributed by atoms with Crippen molar-refractivity contribution in [3.63, 3.8) is 0 Å². The minimum absolute atomic E-state index is 0.156. The Morgan fingerprint density at radius 3 is 2.79 bits per heavy atom. The van der Waals surface area contributed by atoms with E-state index in [0.29, 0.717) is 42.9 Å². The van der Waals surface area contributed by atoms with Gasteiger partial charge in [-0.15, -0.1) is 0 Å². The van der Waals surface area contributed by atoms with Gasteiger partial charge >= 0.3 is 6.09 Å². The molecule has 2 rings (SSSR count). The van der Waals surface area contributed by atoms with Gasteiger partial charge in [0, 0.05) is 31.6 Å². The number of aromatic nitrogens is 3. The molecule has 152 valence electrons. The number of carbonyl (C=O) groups excluding carboxylic acids is 2. The fourth-order valence-corrected chi connectivity index (χ4v) is 2.60. The zero-order chi connectivity index (χ0) is 20.4. The molecular formula is C19H27N5O4. The van der Waals surface area contributed by atoms with Crippen LogP contribution in [0.2, 0.25) is 0 Å². The fraction of sp³-hybridized carbons (Fsp3) is 0.526. The van der Waals surface area contributed by atoms with Crippen molar-refractivity contribution in [1.29, 1.82) is 0 Å². The van der Waals surface area contributed by atoms with Gasteiger partial charge in [-0.1, -0.05) is 25.1 Å². The summed E-state index contributed by atoms with van der Waals surface area (Å²) in [6.45, 7) is 6.48. The molecule has 2 heterocycles. The van der Waals surface area contributed by atoms with Gasteiger partial charge in [0.1, 0.15) is 5.69 Å². The molecule has 0 radical (unpaired) electrons. The summed E-state index contributed by atoms with van der Waals surface area (Å²) in [5.74, 6) is 0.982. The van der Waals surface area contributed by atoms with Gasteiger partial charge in [0.25, 0.3) is 0 Å². The Morgan fingerprint density at radius 2 is 2.11 bits per heavy atom. The summed E-state index contributed by atoms with van der Waals surface area (Å²) in [6.07, 6.45) is 2.44. The minimum atomic E-state index is -0.477. The van der Waals surface area contributed by atoms with Gasteiger partial charge in [-0.2, -0.15) is 4.98 Å². The first kappa shape index (κ1) is 21.3. The summed E-state index contributed by atoms with van der Waals surface area (Å²) in [4.78, 5) is 32.2. The maximum Gasteiger partial charge on any atom is 0.407 e. The second-order valence-corrected chi connectivity index (χ2v) is 6.72. The van der Waals surface area contributed by atoms with E-state index in [-0.39, 0.29) is 18.4 Å². The summed E-state index contributed by atoms with van der Waals surface area (Å²) < 4.78 is 10.1. The molecule has 0 saturated heterocycles. The molecule has 28 heavy (non-hydrogen) atoms. The topological polar surface area (TPSA) is 119 Å². The molecule has 1 unspecified atom stereocenters. The number of nitrogens with zero attached hydrogens (tertiary/aromatic N) is 3. The Hall–Kier alpha value is -2.97. The predicted octanol–water partition coefficient (Wildman–Crippen LogP) is 2.34. The maximum atomic E-state index is 12.1. The lowest BCUT2D eigenvalue weighted by atomic mass is 10.0. The average molecular weight is 389 g/mol. The van der Waals surface area contributed by atoms with Crippen molar-refractivity contribution in [3.8, 4) is 11.5 Å². The van der Waals surface area contributed by atoms with Crippen LogP contribution in [0.3, 0.4) is 0 Å². The number of pyridine rings is 1. The molecule has 0 aliphatic rings. The molecule has 1 atom stereocenters. The Kier molecular flexibility index (Phi) is 8.38. The van der Waals surface area contributed by atoms with Gasteiger partial charge in [-0.05, 0) is 31.4 Å². The maximum absolute atomic E-state index is 12.1. The number of hydrogen-bond donors (Lipinski definition) is 2. The number of ether oxygens (including phenoxy) is 1. The minimum Gasteiger partial charge on any atom is -0.450 e. The van der Waals surface area contributed by atoms with Crippen LogP contribution in [0.5, 0.6) is 0 Å². The van der Waals surface area contributed by atoms with Crippen molar-refractivity contribution < 1.29 is 18.8 Å². The molecule has 0 saturated carbocycles. The van der Waals surface area contributed by atoms with Crippen molar-refractivity contribution in [3.05, 3.63) is 30.3 Å². The van der Waals surface area contributed by atoms with Crippen LogP contribution in [0.15, 0.2) is 28.9 Å². The van der Waals surface area contributed by atoms with Crippen LogP contribution in [0, 0.1) is 5.92 Å². The molecule has 2 N–H and O–H groups in total. The van der Waals surface area contributed by atoms with Gasteiger partial charge in [0.2, 0.25) is 17.6 Å². The molecule has 0 spiro atoms. The Morgan fingerprint density at radius 1 is 1.29 bits per heavy atom. The van der Waals surface area contributed by atoms with Crippen molar-refractivity contribution in [2.75, 3.05) is 13.2 Å². The van der Waals surface area contributed by atoms with E-state index < -0.39 is 6.09 Å². The van der Waals surface area contributed by atoms with E-state index in [1.54, 1.807) is 25.3 Å². The monoisotopic (exact) mass is 389 g/mol. The van der Waals surface area contributed by atoms with Crippen LogP contribution in [-0.2, 0) is 16.0 Å². The molecule has 0 aliphatic carbocycles. The zero-order valence-electron chi connectivity index (χ0n) is 16.5. The van der Waals surface area contributed by atoms with E-state index in [0.717, 1.165) is 6.42 Å². The highest BCUT2D eigenvalue weighted by molar-refractivity contribution is 5.76. The molecule has 9 nitrogen and oxygen atoms in total. The van der Waals surface area contributed by atoms with Gasteiger partial charge in [0.05, 0.1) is 6.61 Å². The third-order valence-corrected chi connectivity index (χ3v) is 3.83. The Balaban J connectivity index is 1.79. The van der Waals surface area contributed by atoms with Gasteiger partial charge in [0.15, 0.2) is 0 Å². The lowest BCUT2D eigenvalue weighted by Gasteiger charge is -2.20. The van der Waals surface area contributed by atoms with Gasteiger partial charge in [-0.3, -0.25) is 9.78 Å². The van der Waals surface area contributed by atoms with E-state index in [9.17, 15) is 9.59 Å². The van der Waals surface area contributed by atoms with Gasteiger partial charge in [-0.25, -0.2) is 4.79 Å². The SMILES string of the molecule is CCOC(=O)NC(CNC(=O)CCc1nc(-c2ccccn2)no1)CC(C)C. The second-order valence-electron chi connectivity index (χ2n) is 6.72. The Bertz CT molecular complexity index is 748. The summed E-state index contributed by atoms with van der Waals surface area (Å²) in [5, 5.41) is 9.49. The number of nitrogens with one attached hydrogen (secondary N) is 2. The van der Waals surface area contributed by atoms with Crippen LogP contribution in [0.1, 0.15) is 39.5 Å². The molecule has 0 aliphatic heterocycles. The lowest BCUT2D eigenvalue weighted by Crippen LogP contribution is -2.44. The average Bonchev–Trinajstić information content (AvgIpc) is 3.14. The fourth-order valence-electron chi connectivity index (χ4n) is 2.60. The summed E-state index contributed by atoms with van der Waals surface area (Å²) in [7, 11) is 0. The second kappa shape index (κ2) is 11.0. The molecule has 0 aromatic carbocycles. The number of rotatable bonds is 10. The first-order valence-electron chi connectivity index (χ1n) is 9.41. The predicted molar refractivity (Wildman–Crippen MR) is 102 cm³/mol. The molecule has 0 fully saturated rings. The van der Waals surface area contributed by atoms with Gasteiger partial charge < -0.3 is 19.9 Å². The molecule has 2 aromatic heterocycles. The molecule has 2 amide bonds. The van der Waals surface area contributed by atoms with Crippen molar-refractivity contribution in [2.24, 2.45) is 5.92 Å².